The predicted octanol–water partition coefficient (Wildman–Crippen LogP) is 3.53. The SMILES string of the molecule is CCOC(=O)c1nc(C(=O)Nc2ccc(Cl)cc2C)cs1. The van der Waals surface area contributed by atoms with Crippen LogP contribution in [-0.4, -0.2) is 23.5 Å². The second kappa shape index (κ2) is 6.69. The summed E-state index contributed by atoms with van der Waals surface area (Å²) in [4.78, 5) is 27.6. The van der Waals surface area contributed by atoms with Crippen molar-refractivity contribution in [3.05, 3.63) is 44.9 Å². The van der Waals surface area contributed by atoms with E-state index in [4.69, 9.17) is 16.3 Å². The first-order valence-corrected chi connectivity index (χ1v) is 7.47. The number of hydrogen-bond donors (Lipinski definition) is 1. The summed E-state index contributed by atoms with van der Waals surface area (Å²) in [7, 11) is 0. The van der Waals surface area contributed by atoms with Crippen molar-refractivity contribution in [1.82, 2.24) is 4.98 Å². The van der Waals surface area contributed by atoms with Crippen molar-refractivity contribution in [2.45, 2.75) is 13.8 Å². The molecule has 0 saturated heterocycles. The quantitative estimate of drug-likeness (QED) is 0.873. The third-order valence-corrected chi connectivity index (χ3v) is 3.68. The summed E-state index contributed by atoms with van der Waals surface area (Å²) in [5, 5.41) is 5.02. The van der Waals surface area contributed by atoms with Crippen LogP contribution in [0.5, 0.6) is 0 Å². The van der Waals surface area contributed by atoms with Gasteiger partial charge < -0.3 is 10.1 Å². The smallest absolute Gasteiger partial charge is 0.367 e. The van der Waals surface area contributed by atoms with E-state index in [0.717, 1.165) is 16.9 Å². The first-order valence-electron chi connectivity index (χ1n) is 6.21. The van der Waals surface area contributed by atoms with Crippen LogP contribution in [0, 0.1) is 6.92 Å². The van der Waals surface area contributed by atoms with Crippen molar-refractivity contribution in [2.24, 2.45) is 0 Å². The minimum Gasteiger partial charge on any atom is -0.461 e. The second-order valence-electron chi connectivity index (χ2n) is 4.17. The standard InChI is InChI=1S/C14H13ClN2O3S/c1-3-20-14(19)13-17-11(7-21-13)12(18)16-10-5-4-9(15)6-8(10)2/h4-7H,3H2,1-2H3,(H,16,18). The molecular formula is C14H13ClN2O3S. The Hall–Kier alpha value is -1.92. The zero-order valence-electron chi connectivity index (χ0n) is 11.5. The molecule has 0 unspecified atom stereocenters. The van der Waals surface area contributed by atoms with Crippen LogP contribution in [0.1, 0.15) is 32.8 Å². The zero-order chi connectivity index (χ0) is 15.4. The van der Waals surface area contributed by atoms with Crippen LogP contribution in [0.3, 0.4) is 0 Å². The fourth-order valence-corrected chi connectivity index (χ4v) is 2.53. The summed E-state index contributed by atoms with van der Waals surface area (Å²) in [5.41, 5.74) is 1.67. The van der Waals surface area contributed by atoms with E-state index < -0.39 is 5.97 Å². The maximum atomic E-state index is 12.1. The van der Waals surface area contributed by atoms with Gasteiger partial charge in [-0.1, -0.05) is 11.6 Å². The first-order chi connectivity index (χ1) is 10.0. The minimum absolute atomic E-state index is 0.162. The molecule has 21 heavy (non-hydrogen) atoms. The highest BCUT2D eigenvalue weighted by molar-refractivity contribution is 7.11. The second-order valence-corrected chi connectivity index (χ2v) is 5.47. The third-order valence-electron chi connectivity index (χ3n) is 2.62. The zero-order valence-corrected chi connectivity index (χ0v) is 13.0. The van der Waals surface area contributed by atoms with Crippen molar-refractivity contribution in [3.8, 4) is 0 Å². The number of anilines is 1. The lowest BCUT2D eigenvalue weighted by Crippen LogP contribution is -2.14. The summed E-state index contributed by atoms with van der Waals surface area (Å²) >= 11 is 6.94. The highest BCUT2D eigenvalue weighted by Gasteiger charge is 2.16. The van der Waals surface area contributed by atoms with E-state index in [1.165, 1.54) is 5.38 Å². The van der Waals surface area contributed by atoms with Crippen molar-refractivity contribution in [2.75, 3.05) is 11.9 Å². The van der Waals surface area contributed by atoms with E-state index in [1.54, 1.807) is 25.1 Å². The van der Waals surface area contributed by atoms with E-state index in [-0.39, 0.29) is 23.2 Å². The van der Waals surface area contributed by atoms with Crippen LogP contribution in [0.15, 0.2) is 23.6 Å². The minimum atomic E-state index is -0.524. The van der Waals surface area contributed by atoms with Gasteiger partial charge in [0.25, 0.3) is 5.91 Å². The number of aromatic nitrogens is 1. The van der Waals surface area contributed by atoms with Crippen molar-refractivity contribution in [1.29, 1.82) is 0 Å². The van der Waals surface area contributed by atoms with E-state index >= 15 is 0 Å². The van der Waals surface area contributed by atoms with E-state index in [9.17, 15) is 9.59 Å². The average molecular weight is 325 g/mol. The highest BCUT2D eigenvalue weighted by atomic mass is 35.5. The molecule has 0 radical (unpaired) electrons. The number of aryl methyl sites for hydroxylation is 1. The molecule has 2 aromatic rings. The van der Waals surface area contributed by atoms with Gasteiger partial charge in [-0.05, 0) is 37.6 Å². The number of nitrogens with one attached hydrogen (secondary N) is 1. The molecule has 7 heteroatoms. The Morgan fingerprint density at radius 2 is 2.19 bits per heavy atom. The molecule has 0 saturated carbocycles. The topological polar surface area (TPSA) is 68.3 Å². The summed E-state index contributed by atoms with van der Waals surface area (Å²) in [6.45, 7) is 3.82. The van der Waals surface area contributed by atoms with Gasteiger partial charge in [0.15, 0.2) is 0 Å². The number of carbonyl (C=O) groups excluding carboxylic acids is 2. The van der Waals surface area contributed by atoms with Crippen molar-refractivity contribution >= 4 is 40.5 Å². The molecule has 1 amide bonds. The first kappa shape index (κ1) is 15.5. The predicted molar refractivity (Wildman–Crippen MR) is 82.2 cm³/mol. The van der Waals surface area contributed by atoms with Gasteiger partial charge in [-0.25, -0.2) is 9.78 Å². The number of carbonyl (C=O) groups is 2. The normalized spacial score (nSPS) is 10.2. The number of nitrogens with zero attached hydrogens (tertiary/aromatic N) is 1. The Balaban J connectivity index is 2.12. The molecule has 2 rings (SSSR count). The Labute approximate surface area is 130 Å². The number of halogens is 1. The van der Waals surface area contributed by atoms with Crippen LogP contribution >= 0.6 is 22.9 Å². The molecule has 110 valence electrons. The summed E-state index contributed by atoms with van der Waals surface area (Å²) in [6, 6.07) is 5.16. The molecule has 0 fully saturated rings. The lowest BCUT2D eigenvalue weighted by Gasteiger charge is -2.07. The molecule has 0 aliphatic rings. The number of esters is 1. The van der Waals surface area contributed by atoms with E-state index in [1.807, 2.05) is 6.92 Å². The van der Waals surface area contributed by atoms with Crippen LogP contribution in [0.4, 0.5) is 5.69 Å². The van der Waals surface area contributed by atoms with Gasteiger partial charge in [-0.15, -0.1) is 11.3 Å². The largest absolute Gasteiger partial charge is 0.461 e. The van der Waals surface area contributed by atoms with Crippen LogP contribution in [0.25, 0.3) is 0 Å². The van der Waals surface area contributed by atoms with Crippen molar-refractivity contribution in [3.63, 3.8) is 0 Å². The van der Waals surface area contributed by atoms with Crippen LogP contribution in [-0.2, 0) is 4.74 Å². The molecule has 0 atom stereocenters. The Bertz CT molecular complexity index is 685. The molecule has 0 aliphatic carbocycles. The van der Waals surface area contributed by atoms with Gasteiger partial charge in [0, 0.05) is 16.1 Å². The highest BCUT2D eigenvalue weighted by Crippen LogP contribution is 2.20. The molecule has 1 aromatic heterocycles. The molecule has 0 bridgehead atoms. The molecular weight excluding hydrogens is 312 g/mol. The number of amides is 1. The van der Waals surface area contributed by atoms with E-state index in [0.29, 0.717) is 10.7 Å². The lowest BCUT2D eigenvalue weighted by molar-refractivity contribution is 0.0526. The Morgan fingerprint density at radius 1 is 1.43 bits per heavy atom. The fourth-order valence-electron chi connectivity index (χ4n) is 1.62. The van der Waals surface area contributed by atoms with Crippen LogP contribution < -0.4 is 5.32 Å². The fraction of sp³-hybridized carbons (Fsp3) is 0.214. The van der Waals surface area contributed by atoms with Gasteiger partial charge in [0.2, 0.25) is 5.01 Å². The molecule has 0 spiro atoms. The Kier molecular flexibility index (Phi) is 4.93. The lowest BCUT2D eigenvalue weighted by atomic mass is 10.2. The maximum absolute atomic E-state index is 12.1. The van der Waals surface area contributed by atoms with E-state index in [2.05, 4.69) is 10.3 Å². The van der Waals surface area contributed by atoms with Gasteiger partial charge >= 0.3 is 5.97 Å². The van der Waals surface area contributed by atoms with Crippen LogP contribution in [0.2, 0.25) is 5.02 Å². The third kappa shape index (κ3) is 3.80. The number of rotatable bonds is 4. The number of thiazole rings is 1. The summed E-state index contributed by atoms with van der Waals surface area (Å²) in [5.74, 6) is -0.906. The average Bonchev–Trinajstić information content (AvgIpc) is 2.92. The van der Waals surface area contributed by atoms with Gasteiger partial charge in [-0.3, -0.25) is 4.79 Å². The number of benzene rings is 1. The molecule has 1 aromatic carbocycles. The number of hydrogen-bond acceptors (Lipinski definition) is 5. The molecule has 1 N–H and O–H groups in total. The number of ether oxygens (including phenoxy) is 1. The Morgan fingerprint density at radius 3 is 2.86 bits per heavy atom. The van der Waals surface area contributed by atoms with Gasteiger partial charge in [0.05, 0.1) is 6.61 Å². The van der Waals surface area contributed by atoms with Crippen molar-refractivity contribution < 1.29 is 14.3 Å². The molecule has 5 nitrogen and oxygen atoms in total. The van der Waals surface area contributed by atoms with Gasteiger partial charge in [0.1, 0.15) is 5.69 Å². The maximum Gasteiger partial charge on any atom is 0.367 e. The monoisotopic (exact) mass is 324 g/mol. The summed E-state index contributed by atoms with van der Waals surface area (Å²) < 4.78 is 4.83. The molecule has 0 aliphatic heterocycles. The summed E-state index contributed by atoms with van der Waals surface area (Å²) in [6.07, 6.45) is 0. The van der Waals surface area contributed by atoms with Gasteiger partial charge in [-0.2, -0.15) is 0 Å². The molecule has 1 heterocycles.